The van der Waals surface area contributed by atoms with Crippen LogP contribution in [0.4, 0.5) is 10.6 Å². The maximum absolute atomic E-state index is 12.8. The molecule has 2 heterocycles. The predicted octanol–water partition coefficient (Wildman–Crippen LogP) is 1.96. The first-order valence-electron chi connectivity index (χ1n) is 8.37. The molecule has 2 aliphatic rings. The van der Waals surface area contributed by atoms with Crippen molar-refractivity contribution in [3.05, 3.63) is 11.8 Å². The van der Waals surface area contributed by atoms with Crippen molar-refractivity contribution < 1.29 is 18.9 Å². The van der Waals surface area contributed by atoms with Gasteiger partial charge in [-0.05, 0) is 19.8 Å². The molecule has 24 heavy (non-hydrogen) atoms. The van der Waals surface area contributed by atoms with E-state index in [1.54, 1.807) is 13.0 Å². The molecule has 0 atom stereocenters. The Hall–Kier alpha value is -2.38. The second-order valence-electron chi connectivity index (χ2n) is 6.54. The number of urea groups is 1. The van der Waals surface area contributed by atoms with Crippen molar-refractivity contribution >= 4 is 23.7 Å². The van der Waals surface area contributed by atoms with E-state index in [0.29, 0.717) is 18.6 Å². The Labute approximate surface area is 139 Å². The molecule has 0 radical (unpaired) electrons. The average molecular weight is 334 g/mol. The molecule has 1 saturated carbocycles. The monoisotopic (exact) mass is 334 g/mol. The lowest BCUT2D eigenvalue weighted by Crippen LogP contribution is -2.47. The van der Waals surface area contributed by atoms with Crippen LogP contribution in [0.5, 0.6) is 0 Å². The smallest absolute Gasteiger partial charge is 0.325 e. The fourth-order valence-corrected chi connectivity index (χ4v) is 3.42. The van der Waals surface area contributed by atoms with Gasteiger partial charge in [-0.2, -0.15) is 0 Å². The van der Waals surface area contributed by atoms with Gasteiger partial charge in [-0.1, -0.05) is 37.3 Å². The van der Waals surface area contributed by atoms with Gasteiger partial charge in [-0.15, -0.1) is 0 Å². The maximum atomic E-state index is 12.8. The highest BCUT2D eigenvalue weighted by Gasteiger charge is 2.50. The molecule has 1 aliphatic heterocycles. The molecule has 0 bridgehead atoms. The van der Waals surface area contributed by atoms with E-state index in [9.17, 15) is 14.4 Å². The number of hydrogen-bond acceptors (Lipinski definition) is 5. The molecule has 2 fully saturated rings. The van der Waals surface area contributed by atoms with Crippen molar-refractivity contribution in [3.8, 4) is 0 Å². The summed E-state index contributed by atoms with van der Waals surface area (Å²) in [5.41, 5.74) is -0.831. The summed E-state index contributed by atoms with van der Waals surface area (Å²) < 4.78 is 4.87. The summed E-state index contributed by atoms with van der Waals surface area (Å²) in [6.07, 6.45) is 6.39. The highest BCUT2D eigenvalue weighted by molar-refractivity contribution is 6.10. The summed E-state index contributed by atoms with van der Waals surface area (Å²) in [5, 5.41) is 9.02. The number of nitrogens with zero attached hydrogens (tertiary/aromatic N) is 2. The second-order valence-corrected chi connectivity index (χ2v) is 6.54. The van der Waals surface area contributed by atoms with Crippen LogP contribution in [0, 0.1) is 6.92 Å². The van der Waals surface area contributed by atoms with Gasteiger partial charge < -0.3 is 15.2 Å². The van der Waals surface area contributed by atoms with E-state index in [4.69, 9.17) is 4.52 Å². The summed E-state index contributed by atoms with van der Waals surface area (Å²) in [7, 11) is 0. The van der Waals surface area contributed by atoms with Gasteiger partial charge in [0.25, 0.3) is 5.91 Å². The number of carbonyl (C=O) groups excluding carboxylic acids is 3. The third-order valence-electron chi connectivity index (χ3n) is 4.65. The van der Waals surface area contributed by atoms with Gasteiger partial charge in [-0.25, -0.2) is 4.79 Å². The lowest BCUT2D eigenvalue weighted by molar-refractivity contribution is -0.134. The topological polar surface area (TPSA) is 105 Å². The second kappa shape index (κ2) is 6.62. The molecule has 1 aromatic rings. The van der Waals surface area contributed by atoms with E-state index in [1.807, 2.05) is 0 Å². The van der Waals surface area contributed by atoms with Crippen molar-refractivity contribution in [1.29, 1.82) is 0 Å². The lowest BCUT2D eigenvalue weighted by Gasteiger charge is -2.28. The van der Waals surface area contributed by atoms with Gasteiger partial charge in [0, 0.05) is 6.07 Å². The van der Waals surface area contributed by atoms with E-state index < -0.39 is 17.5 Å². The fraction of sp³-hybridized carbons (Fsp3) is 0.625. The van der Waals surface area contributed by atoms with E-state index in [2.05, 4.69) is 15.8 Å². The fourth-order valence-electron chi connectivity index (χ4n) is 3.42. The van der Waals surface area contributed by atoms with Crippen LogP contribution in [0.3, 0.4) is 0 Å². The Morgan fingerprint density at radius 3 is 2.58 bits per heavy atom. The number of anilines is 1. The number of amides is 4. The normalized spacial score (nSPS) is 20.6. The number of carbonyl (C=O) groups is 3. The molecular weight excluding hydrogens is 312 g/mol. The van der Waals surface area contributed by atoms with Gasteiger partial charge in [0.2, 0.25) is 5.91 Å². The van der Waals surface area contributed by atoms with Crippen LogP contribution in [0.1, 0.15) is 50.7 Å². The van der Waals surface area contributed by atoms with Gasteiger partial charge in [-0.3, -0.25) is 14.5 Å². The van der Waals surface area contributed by atoms with Crippen LogP contribution in [0.15, 0.2) is 10.6 Å². The summed E-state index contributed by atoms with van der Waals surface area (Å²) in [6, 6.07) is 1.08. The van der Waals surface area contributed by atoms with Crippen molar-refractivity contribution in [2.45, 2.75) is 57.4 Å². The third-order valence-corrected chi connectivity index (χ3v) is 4.65. The van der Waals surface area contributed by atoms with E-state index in [0.717, 1.165) is 30.6 Å². The minimum atomic E-state index is -0.831. The molecule has 3 rings (SSSR count). The zero-order valence-electron chi connectivity index (χ0n) is 13.8. The summed E-state index contributed by atoms with van der Waals surface area (Å²) in [5.74, 6) is 0.0644. The van der Waals surface area contributed by atoms with E-state index in [-0.39, 0.29) is 18.3 Å². The predicted molar refractivity (Wildman–Crippen MR) is 85.2 cm³/mol. The largest absolute Gasteiger partial charge is 0.360 e. The Balaban J connectivity index is 1.66. The standard InChI is InChI=1S/C16H22N4O4/c1-11-9-12(19-24-11)17-13(21)10-20-14(22)16(18-15(20)23)7-5-3-2-4-6-8-16/h9H,2-8,10H2,1H3,(H,18,23)(H,17,19,21). The van der Waals surface area contributed by atoms with Crippen LogP contribution < -0.4 is 10.6 Å². The number of imide groups is 1. The van der Waals surface area contributed by atoms with Crippen LogP contribution in [-0.4, -0.2) is 40.0 Å². The van der Waals surface area contributed by atoms with Crippen molar-refractivity contribution in [1.82, 2.24) is 15.4 Å². The molecule has 130 valence electrons. The Bertz CT molecular complexity index is 646. The van der Waals surface area contributed by atoms with Gasteiger partial charge in [0.1, 0.15) is 17.8 Å². The SMILES string of the molecule is Cc1cc(NC(=O)CN2C(=O)NC3(CCCCCCC3)C2=O)no1. The molecule has 0 aromatic carbocycles. The molecule has 8 heteroatoms. The minimum Gasteiger partial charge on any atom is -0.360 e. The molecule has 0 unspecified atom stereocenters. The van der Waals surface area contributed by atoms with E-state index in [1.165, 1.54) is 6.42 Å². The van der Waals surface area contributed by atoms with Gasteiger partial charge in [0.15, 0.2) is 5.82 Å². The summed E-state index contributed by atoms with van der Waals surface area (Å²) in [4.78, 5) is 38.1. The van der Waals surface area contributed by atoms with Crippen LogP contribution in [0.25, 0.3) is 0 Å². The van der Waals surface area contributed by atoms with Crippen LogP contribution in [0.2, 0.25) is 0 Å². The van der Waals surface area contributed by atoms with Crippen molar-refractivity contribution in [3.63, 3.8) is 0 Å². The highest BCUT2D eigenvalue weighted by Crippen LogP contribution is 2.32. The quantitative estimate of drug-likeness (QED) is 0.822. The molecule has 2 N–H and O–H groups in total. The van der Waals surface area contributed by atoms with Gasteiger partial charge >= 0.3 is 6.03 Å². The molecular formula is C16H22N4O4. The van der Waals surface area contributed by atoms with Crippen molar-refractivity contribution in [2.75, 3.05) is 11.9 Å². The molecule has 1 saturated heterocycles. The number of nitrogens with one attached hydrogen (secondary N) is 2. The summed E-state index contributed by atoms with van der Waals surface area (Å²) >= 11 is 0. The Kier molecular flexibility index (Phi) is 4.55. The Morgan fingerprint density at radius 1 is 1.29 bits per heavy atom. The number of aromatic nitrogens is 1. The molecule has 8 nitrogen and oxygen atoms in total. The summed E-state index contributed by atoms with van der Waals surface area (Å²) in [6.45, 7) is 1.39. The first-order chi connectivity index (χ1) is 11.5. The van der Waals surface area contributed by atoms with Crippen LogP contribution >= 0.6 is 0 Å². The number of rotatable bonds is 3. The highest BCUT2D eigenvalue weighted by atomic mass is 16.5. The lowest BCUT2D eigenvalue weighted by atomic mass is 9.84. The zero-order chi connectivity index (χ0) is 17.2. The number of hydrogen-bond donors (Lipinski definition) is 2. The third kappa shape index (κ3) is 3.27. The molecule has 1 aliphatic carbocycles. The zero-order valence-corrected chi connectivity index (χ0v) is 13.8. The first kappa shape index (κ1) is 16.5. The average Bonchev–Trinajstić information content (AvgIpc) is 3.00. The Morgan fingerprint density at radius 2 is 1.96 bits per heavy atom. The van der Waals surface area contributed by atoms with Crippen LogP contribution in [-0.2, 0) is 9.59 Å². The van der Waals surface area contributed by atoms with E-state index >= 15 is 0 Å². The van der Waals surface area contributed by atoms with Crippen molar-refractivity contribution in [2.24, 2.45) is 0 Å². The molecule has 4 amide bonds. The maximum Gasteiger partial charge on any atom is 0.325 e. The minimum absolute atomic E-state index is 0.269. The molecule has 1 spiro atoms. The number of aryl methyl sites for hydroxylation is 1. The molecule has 1 aromatic heterocycles. The van der Waals surface area contributed by atoms with Gasteiger partial charge in [0.05, 0.1) is 0 Å². The first-order valence-corrected chi connectivity index (χ1v) is 8.37.